The van der Waals surface area contributed by atoms with E-state index in [-0.39, 0.29) is 5.41 Å². The van der Waals surface area contributed by atoms with Crippen molar-refractivity contribution in [2.75, 3.05) is 13.1 Å². The molecule has 2 aliphatic rings. The van der Waals surface area contributed by atoms with Gasteiger partial charge in [0.2, 0.25) is 0 Å². The van der Waals surface area contributed by atoms with Crippen molar-refractivity contribution in [1.82, 2.24) is 9.47 Å². The van der Waals surface area contributed by atoms with Gasteiger partial charge < -0.3 is 14.6 Å². The summed E-state index contributed by atoms with van der Waals surface area (Å²) in [6.45, 7) is 1.42. The van der Waals surface area contributed by atoms with E-state index in [0.29, 0.717) is 19.1 Å². The highest BCUT2D eigenvalue weighted by Gasteiger charge is 2.54. The summed E-state index contributed by atoms with van der Waals surface area (Å²) in [7, 11) is 0. The van der Waals surface area contributed by atoms with Crippen LogP contribution in [0.5, 0.6) is 0 Å². The Hall–Kier alpha value is -1.49. The number of hydrogen-bond donors (Lipinski definition) is 1. The van der Waals surface area contributed by atoms with E-state index >= 15 is 0 Å². The maximum atomic E-state index is 10.8. The Labute approximate surface area is 125 Å². The van der Waals surface area contributed by atoms with Gasteiger partial charge in [-0.3, -0.25) is 0 Å². The molecule has 0 bridgehead atoms. The molecule has 20 heavy (non-hydrogen) atoms. The molecule has 1 aromatic carbocycles. The van der Waals surface area contributed by atoms with Gasteiger partial charge in [0, 0.05) is 46.1 Å². The van der Waals surface area contributed by atoms with Gasteiger partial charge in [-0.1, -0.05) is 22.0 Å². The van der Waals surface area contributed by atoms with E-state index < -0.39 is 6.09 Å². The molecule has 2 aromatic rings. The third kappa shape index (κ3) is 1.62. The molecule has 104 valence electrons. The fourth-order valence-corrected chi connectivity index (χ4v) is 4.25. The number of carbonyl (C=O) groups is 1. The Morgan fingerprint density at radius 2 is 2.05 bits per heavy atom. The van der Waals surface area contributed by atoms with Crippen molar-refractivity contribution in [2.24, 2.45) is 5.41 Å². The van der Waals surface area contributed by atoms with Crippen LogP contribution in [0.25, 0.3) is 10.9 Å². The minimum Gasteiger partial charge on any atom is -0.465 e. The van der Waals surface area contributed by atoms with Gasteiger partial charge in [0.15, 0.2) is 0 Å². The minimum atomic E-state index is -0.783. The van der Waals surface area contributed by atoms with Crippen LogP contribution >= 0.6 is 15.9 Å². The lowest BCUT2D eigenvalue weighted by Crippen LogP contribution is -2.63. The number of rotatable bonds is 1. The van der Waals surface area contributed by atoms with Gasteiger partial charge in [-0.05, 0) is 31.0 Å². The van der Waals surface area contributed by atoms with Crippen molar-refractivity contribution in [3.05, 3.63) is 34.9 Å². The van der Waals surface area contributed by atoms with Gasteiger partial charge >= 0.3 is 6.09 Å². The molecule has 1 aliphatic carbocycles. The standard InChI is InChI=1S/C15H15BrN2O2/c16-12-2-1-3-13-11(12)4-5-18(13)10-6-15(7-10)8-17(9-15)14(19)20/h1-5,10H,6-9H2,(H,19,20). The summed E-state index contributed by atoms with van der Waals surface area (Å²) in [4.78, 5) is 12.4. The quantitative estimate of drug-likeness (QED) is 0.863. The van der Waals surface area contributed by atoms with Crippen LogP contribution in [0.4, 0.5) is 4.79 Å². The fourth-order valence-electron chi connectivity index (χ4n) is 3.76. The summed E-state index contributed by atoms with van der Waals surface area (Å²) in [6.07, 6.45) is 3.55. The summed E-state index contributed by atoms with van der Waals surface area (Å²) in [5.74, 6) is 0. The van der Waals surface area contributed by atoms with Crippen LogP contribution in [0, 0.1) is 5.41 Å². The number of fused-ring (bicyclic) bond motifs is 1. The number of carboxylic acid groups (broad SMARTS) is 1. The summed E-state index contributed by atoms with van der Waals surface area (Å²) >= 11 is 3.59. The van der Waals surface area contributed by atoms with Crippen LogP contribution < -0.4 is 0 Å². The second kappa shape index (κ2) is 4.01. The highest BCUT2D eigenvalue weighted by molar-refractivity contribution is 9.10. The van der Waals surface area contributed by atoms with E-state index in [9.17, 15) is 4.79 Å². The first-order chi connectivity index (χ1) is 9.58. The van der Waals surface area contributed by atoms with E-state index in [4.69, 9.17) is 5.11 Å². The van der Waals surface area contributed by atoms with E-state index in [0.717, 1.165) is 17.3 Å². The lowest BCUT2D eigenvalue weighted by molar-refractivity contribution is -0.0734. The molecular formula is C15H15BrN2O2. The summed E-state index contributed by atoms with van der Waals surface area (Å²) in [6, 6.07) is 8.93. The number of benzene rings is 1. The topological polar surface area (TPSA) is 45.5 Å². The maximum absolute atomic E-state index is 10.8. The first-order valence-corrected chi connectivity index (χ1v) is 7.60. The highest BCUT2D eigenvalue weighted by atomic mass is 79.9. The van der Waals surface area contributed by atoms with Gasteiger partial charge in [0.25, 0.3) is 0 Å². The molecule has 1 N–H and O–H groups in total. The van der Waals surface area contributed by atoms with Crippen LogP contribution in [-0.2, 0) is 0 Å². The number of aromatic nitrogens is 1. The lowest BCUT2D eigenvalue weighted by Gasteiger charge is -2.58. The third-order valence-electron chi connectivity index (χ3n) is 4.76. The molecule has 1 saturated carbocycles. The Morgan fingerprint density at radius 3 is 2.75 bits per heavy atom. The first-order valence-electron chi connectivity index (χ1n) is 6.81. The van der Waals surface area contributed by atoms with Crippen molar-refractivity contribution in [3.8, 4) is 0 Å². The number of nitrogens with zero attached hydrogens (tertiary/aromatic N) is 2. The highest BCUT2D eigenvalue weighted by Crippen LogP contribution is 2.54. The average molecular weight is 335 g/mol. The van der Waals surface area contributed by atoms with Crippen LogP contribution in [-0.4, -0.2) is 33.8 Å². The normalized spacial score (nSPS) is 20.9. The SMILES string of the molecule is O=C(O)N1CC2(CC(n3ccc4c(Br)cccc43)C2)C1. The molecule has 1 amide bonds. The molecule has 4 nitrogen and oxygen atoms in total. The molecule has 1 saturated heterocycles. The van der Waals surface area contributed by atoms with Crippen molar-refractivity contribution < 1.29 is 9.90 Å². The number of hydrogen-bond acceptors (Lipinski definition) is 1. The molecule has 1 aromatic heterocycles. The van der Waals surface area contributed by atoms with Crippen LogP contribution in [0.15, 0.2) is 34.9 Å². The summed E-state index contributed by atoms with van der Waals surface area (Å²) in [5.41, 5.74) is 1.51. The van der Waals surface area contributed by atoms with Crippen LogP contribution in [0.1, 0.15) is 18.9 Å². The Morgan fingerprint density at radius 1 is 1.30 bits per heavy atom. The monoisotopic (exact) mass is 334 g/mol. The molecule has 0 unspecified atom stereocenters. The molecule has 0 atom stereocenters. The Balaban J connectivity index is 1.53. The fraction of sp³-hybridized carbons (Fsp3) is 0.400. The van der Waals surface area contributed by atoms with E-state index in [1.165, 1.54) is 15.8 Å². The molecule has 5 heteroatoms. The minimum absolute atomic E-state index is 0.256. The number of halogens is 1. The van der Waals surface area contributed by atoms with Gasteiger partial charge in [-0.15, -0.1) is 0 Å². The Bertz CT molecular complexity index is 695. The smallest absolute Gasteiger partial charge is 0.407 e. The lowest BCUT2D eigenvalue weighted by atomic mass is 9.60. The third-order valence-corrected chi connectivity index (χ3v) is 5.46. The second-order valence-corrected chi connectivity index (χ2v) is 6.95. The summed E-state index contributed by atoms with van der Waals surface area (Å²) in [5, 5.41) is 10.2. The van der Waals surface area contributed by atoms with Gasteiger partial charge in [0.05, 0.1) is 0 Å². The molecule has 1 aliphatic heterocycles. The molecule has 0 radical (unpaired) electrons. The zero-order chi connectivity index (χ0) is 13.9. The number of likely N-dealkylation sites (tertiary alicyclic amines) is 1. The molecule has 1 spiro atoms. The van der Waals surface area contributed by atoms with E-state index in [1.807, 2.05) is 0 Å². The van der Waals surface area contributed by atoms with Crippen molar-refractivity contribution in [3.63, 3.8) is 0 Å². The Kier molecular flexibility index (Phi) is 2.46. The van der Waals surface area contributed by atoms with Crippen molar-refractivity contribution >= 4 is 32.9 Å². The molecular weight excluding hydrogens is 320 g/mol. The van der Waals surface area contributed by atoms with Crippen molar-refractivity contribution in [2.45, 2.75) is 18.9 Å². The van der Waals surface area contributed by atoms with Crippen molar-refractivity contribution in [1.29, 1.82) is 0 Å². The van der Waals surface area contributed by atoms with Crippen LogP contribution in [0.3, 0.4) is 0 Å². The largest absolute Gasteiger partial charge is 0.465 e. The number of amides is 1. The van der Waals surface area contributed by atoms with Gasteiger partial charge in [0.1, 0.15) is 0 Å². The summed E-state index contributed by atoms with van der Waals surface area (Å²) < 4.78 is 3.47. The molecule has 2 fully saturated rings. The zero-order valence-corrected chi connectivity index (χ0v) is 12.5. The average Bonchev–Trinajstić information content (AvgIpc) is 2.70. The predicted octanol–water partition coefficient (Wildman–Crippen LogP) is 3.72. The predicted molar refractivity (Wildman–Crippen MR) is 79.9 cm³/mol. The van der Waals surface area contributed by atoms with E-state index in [2.05, 4.69) is 51.0 Å². The van der Waals surface area contributed by atoms with Gasteiger partial charge in [-0.2, -0.15) is 0 Å². The second-order valence-electron chi connectivity index (χ2n) is 6.10. The molecule has 2 heterocycles. The zero-order valence-electron chi connectivity index (χ0n) is 10.9. The first kappa shape index (κ1) is 12.3. The van der Waals surface area contributed by atoms with Crippen LogP contribution in [0.2, 0.25) is 0 Å². The van der Waals surface area contributed by atoms with E-state index in [1.54, 1.807) is 0 Å². The molecule has 4 rings (SSSR count). The van der Waals surface area contributed by atoms with Gasteiger partial charge in [-0.25, -0.2) is 4.79 Å². The maximum Gasteiger partial charge on any atom is 0.407 e.